The molecule has 34 heteroatoms. The molecule has 0 radical (unpaired) electrons. The average molecular weight is 1720 g/mol. The summed E-state index contributed by atoms with van der Waals surface area (Å²) >= 11 is 0. The zero-order chi connectivity index (χ0) is 89.1. The maximum Gasteiger partial charge on any atom is 0.335 e. The van der Waals surface area contributed by atoms with Crippen LogP contribution in [0.5, 0.6) is 23.0 Å². The number of carbonyl (C=O) groups is 14. The number of fused-ring (bicyclic) bond motifs is 4. The topological polar surface area (TPSA) is 426 Å². The lowest BCUT2D eigenvalue weighted by molar-refractivity contribution is -0.137. The molecule has 6 aromatic rings. The first kappa shape index (κ1) is 91.2. The van der Waals surface area contributed by atoms with Gasteiger partial charge in [0.1, 0.15) is 58.8 Å². The van der Waals surface area contributed by atoms with E-state index in [1.165, 1.54) is 75.3 Å². The number of piperidine rings is 2. The summed E-state index contributed by atoms with van der Waals surface area (Å²) < 4.78 is 22.2. The lowest BCUT2D eigenvalue weighted by Gasteiger charge is -2.42. The summed E-state index contributed by atoms with van der Waals surface area (Å²) in [4.78, 5) is 194. The summed E-state index contributed by atoms with van der Waals surface area (Å²) in [6, 6.07) is 24.3. The Hall–Kier alpha value is -13.0. The molecule has 2 saturated heterocycles. The van der Waals surface area contributed by atoms with Crippen LogP contribution in [0.4, 0.5) is 46.0 Å². The number of hydrogen-bond donors (Lipinski definition) is 8. The molecule has 4 atom stereocenters. The molecule has 13 amide bonds. The van der Waals surface area contributed by atoms with Gasteiger partial charge >= 0.3 is 5.97 Å². The number of likely N-dealkylation sites (N-methyl/N-ethyl adjacent to an activating group) is 2. The van der Waals surface area contributed by atoms with Crippen molar-refractivity contribution in [3.8, 4) is 23.0 Å². The van der Waals surface area contributed by atoms with Crippen LogP contribution in [0.2, 0.25) is 0 Å². The number of anilines is 8. The minimum atomic E-state index is -1.09. The van der Waals surface area contributed by atoms with Crippen molar-refractivity contribution in [1.29, 1.82) is 0 Å². The first-order valence-electron chi connectivity index (χ1n) is 43.3. The van der Waals surface area contributed by atoms with Gasteiger partial charge in [-0.15, -0.1) is 0 Å². The predicted octanol–water partition coefficient (Wildman–Crippen LogP) is 10.6. The standard InChI is InChI=1S/C45H54N8O9.C24H31N3O6.C22H26N4O4/c1-27-43(58)51(2)32-19-21-36(49-40(32)52(27)29-13-8-9-14-29)48-31-18-17-28(25-35(31)61-3)41(56)47-24-11-7-5-4-6-10-23-46-38(55)26-62-34-16-12-15-30-39(34)45(60)53(44(30)59)33-20-22-37(54)50-42(33)57;1-2-3-4-5-6-7-8-14-25-20(29)15-33-18-11-9-10-16-21(18)24(32)27(23(16)31)17-12-13-19(28)26-22(17)30;1-13-21(27)25(2)17-10-11-19(24-20(17)26(13)15-6-4-5-7-15)23-16-9-8-14(22(28)29)12-18(16)30-3/h12,15-19,21,25,27,29,33H,4-11,13-14,20,22-24,26H2,1-3H3,(H,46,55)(H,47,56)(H,48,49)(H,50,54,57);9-11,17H,2-8,12-15H2,1H3,(H,25,29)(H,26,28,30);8-13,15H,4-7H2,1-3H3,(H,23,24)(H,28,29)/t27-,33?;;13-/m1.1/s1. The van der Waals surface area contributed by atoms with Gasteiger partial charge in [-0.3, -0.25) is 82.8 Å². The number of nitrogens with zero attached hydrogens (tertiary/aromatic N) is 8. The van der Waals surface area contributed by atoms with E-state index < -0.39 is 65.3 Å². The number of methoxy groups -OCH3 is 2. The fraction of sp³-hybridized carbons (Fsp3) is 0.473. The van der Waals surface area contributed by atoms with E-state index in [0.29, 0.717) is 65.7 Å². The van der Waals surface area contributed by atoms with Crippen molar-refractivity contribution < 1.29 is 91.2 Å². The molecule has 2 aromatic heterocycles. The summed E-state index contributed by atoms with van der Waals surface area (Å²) in [6.45, 7) is 6.97. The number of rotatable bonds is 35. The number of benzene rings is 4. The number of nitrogens with one attached hydrogen (secondary N) is 7. The highest BCUT2D eigenvalue weighted by Gasteiger charge is 2.49. The SMILES string of the molecule is CCCCCCCCCNC(=O)COc1cccc2c1C(=O)N(C1CCC(=O)NC1=O)C2=O.COc1cc(C(=O)NCCCCCCCCNC(=O)COc2cccc3c2C(=O)N(C2CCC(=O)NC2=O)C3=O)ccc1Nc1ccc2c(n1)N(C1CCCC1)[C@H](C)C(=O)N2C.COc1cc(C(=O)O)ccc1Nc1ccc2c(n1)N(C1CCCC1)[C@H](C)C(=O)N2C. The van der Waals surface area contributed by atoms with Gasteiger partial charge in [-0.1, -0.05) is 109 Å². The van der Waals surface area contributed by atoms with Crippen LogP contribution in [-0.4, -0.2) is 205 Å². The van der Waals surface area contributed by atoms with Crippen LogP contribution in [-0.2, 0) is 38.4 Å². The van der Waals surface area contributed by atoms with Gasteiger partial charge in [0.2, 0.25) is 35.4 Å². The smallest absolute Gasteiger partial charge is 0.335 e. The van der Waals surface area contributed by atoms with Crippen molar-refractivity contribution in [1.82, 2.24) is 46.4 Å². The maximum atomic E-state index is 13.2. The zero-order valence-electron chi connectivity index (χ0n) is 71.8. The number of unbranched alkanes of at least 4 members (excludes halogenated alkanes) is 11. The molecule has 4 fully saturated rings. The fourth-order valence-corrected chi connectivity index (χ4v) is 17.2. The van der Waals surface area contributed by atoms with E-state index in [0.717, 1.165) is 142 Å². The summed E-state index contributed by atoms with van der Waals surface area (Å²) in [6.07, 6.45) is 22.4. The van der Waals surface area contributed by atoms with Gasteiger partial charge < -0.3 is 70.2 Å². The van der Waals surface area contributed by atoms with E-state index in [-0.39, 0.29) is 126 Å². The largest absolute Gasteiger partial charge is 0.495 e. The third-order valence-corrected chi connectivity index (χ3v) is 23.9. The predicted molar refractivity (Wildman–Crippen MR) is 464 cm³/mol. The van der Waals surface area contributed by atoms with Crippen LogP contribution < -0.4 is 75.8 Å². The molecule has 14 rings (SSSR count). The van der Waals surface area contributed by atoms with Crippen LogP contribution in [0.1, 0.15) is 243 Å². The van der Waals surface area contributed by atoms with Crippen LogP contribution >= 0.6 is 0 Å². The molecule has 664 valence electrons. The molecule has 125 heavy (non-hydrogen) atoms. The van der Waals surface area contributed by atoms with Crippen LogP contribution in [0.15, 0.2) is 97.1 Å². The number of aromatic carboxylic acids is 1. The highest BCUT2D eigenvalue weighted by atomic mass is 16.5. The molecule has 2 aliphatic carbocycles. The van der Waals surface area contributed by atoms with Gasteiger partial charge in [0, 0.05) is 64.2 Å². The molecule has 2 unspecified atom stereocenters. The van der Waals surface area contributed by atoms with Crippen LogP contribution in [0.3, 0.4) is 0 Å². The summed E-state index contributed by atoms with van der Waals surface area (Å²) in [7, 11) is 6.63. The first-order chi connectivity index (χ1) is 60.3. The van der Waals surface area contributed by atoms with E-state index in [9.17, 15) is 72.2 Å². The van der Waals surface area contributed by atoms with E-state index >= 15 is 0 Å². The molecule has 34 nitrogen and oxygen atoms in total. The van der Waals surface area contributed by atoms with E-state index in [4.69, 9.17) is 28.9 Å². The zero-order valence-corrected chi connectivity index (χ0v) is 71.8. The Morgan fingerprint density at radius 1 is 0.464 bits per heavy atom. The number of carboxylic acid groups (broad SMARTS) is 1. The number of amides is 13. The van der Waals surface area contributed by atoms with Gasteiger partial charge in [0.15, 0.2) is 24.8 Å². The Balaban J connectivity index is 0.000000189. The summed E-state index contributed by atoms with van der Waals surface area (Å²) in [5.74, 6) is -2.73. The molecule has 4 aromatic carbocycles. The summed E-state index contributed by atoms with van der Waals surface area (Å²) in [5, 5.41) is 28.7. The third kappa shape index (κ3) is 21.4. The fourth-order valence-electron chi connectivity index (χ4n) is 17.2. The minimum absolute atomic E-state index is 0.00716. The third-order valence-electron chi connectivity index (χ3n) is 23.9. The average Bonchev–Trinajstić information content (AvgIpc) is 1.60. The molecule has 8 heterocycles. The quantitative estimate of drug-likeness (QED) is 0.0135. The lowest BCUT2D eigenvalue weighted by atomic mass is 10.0. The monoisotopic (exact) mass is 1720 g/mol. The molecule has 8 N–H and O–H groups in total. The van der Waals surface area contributed by atoms with Crippen molar-refractivity contribution in [2.24, 2.45) is 0 Å². The van der Waals surface area contributed by atoms with Crippen molar-refractivity contribution in [2.75, 3.05) is 91.4 Å². The van der Waals surface area contributed by atoms with Gasteiger partial charge in [0.05, 0.1) is 64.8 Å². The number of carbonyl (C=O) groups excluding carboxylic acids is 13. The molecule has 8 aliphatic rings. The van der Waals surface area contributed by atoms with Crippen molar-refractivity contribution in [3.63, 3.8) is 0 Å². The molecular formula is C91H111N15O19. The van der Waals surface area contributed by atoms with Crippen LogP contribution in [0.25, 0.3) is 0 Å². The number of pyridine rings is 2. The second kappa shape index (κ2) is 42.4. The van der Waals surface area contributed by atoms with Gasteiger partial charge in [-0.05, 0) is 157 Å². The Morgan fingerprint density at radius 2 is 0.856 bits per heavy atom. The van der Waals surface area contributed by atoms with Crippen LogP contribution in [0, 0.1) is 0 Å². The molecule has 0 spiro atoms. The van der Waals surface area contributed by atoms with Gasteiger partial charge in [-0.25, -0.2) is 14.8 Å². The highest BCUT2D eigenvalue weighted by molar-refractivity contribution is 6.26. The second-order valence-electron chi connectivity index (χ2n) is 32.3. The van der Waals surface area contributed by atoms with Crippen molar-refractivity contribution >= 4 is 129 Å². The number of imide groups is 4. The van der Waals surface area contributed by atoms with Crippen molar-refractivity contribution in [2.45, 2.75) is 218 Å². The number of carboxylic acids is 1. The first-order valence-corrected chi connectivity index (χ1v) is 43.3. The minimum Gasteiger partial charge on any atom is -0.495 e. The number of hydrogen-bond acceptors (Lipinski definition) is 24. The maximum absolute atomic E-state index is 13.2. The highest BCUT2D eigenvalue weighted by Crippen LogP contribution is 2.44. The normalized spacial score (nSPS) is 18.5. The second-order valence-corrected chi connectivity index (χ2v) is 32.3. The van der Waals surface area contributed by atoms with E-state index in [2.05, 4.69) is 53.9 Å². The Kier molecular flexibility index (Phi) is 30.9. The molecule has 6 aliphatic heterocycles. The van der Waals surface area contributed by atoms with E-state index in [1.54, 1.807) is 61.3 Å². The Bertz CT molecular complexity index is 5090. The molecular weight excluding hydrogens is 1610 g/mol. The number of aromatic nitrogens is 2. The number of ether oxygens (including phenoxy) is 4. The summed E-state index contributed by atoms with van der Waals surface area (Å²) in [5.41, 5.74) is 3.72. The Morgan fingerprint density at radius 3 is 1.26 bits per heavy atom. The lowest BCUT2D eigenvalue weighted by Crippen LogP contribution is -2.54. The molecule has 2 saturated carbocycles. The Labute approximate surface area is 725 Å². The van der Waals surface area contributed by atoms with E-state index in [1.807, 2.05) is 38.1 Å². The van der Waals surface area contributed by atoms with Gasteiger partial charge in [0.25, 0.3) is 41.4 Å². The van der Waals surface area contributed by atoms with Gasteiger partial charge in [-0.2, -0.15) is 0 Å². The molecule has 0 bridgehead atoms. The van der Waals surface area contributed by atoms with Crippen molar-refractivity contribution in [3.05, 3.63) is 130 Å².